The molecule has 20 heavy (non-hydrogen) atoms. The van der Waals surface area contributed by atoms with Crippen LogP contribution >= 0.6 is 0 Å². The lowest BCUT2D eigenvalue weighted by atomic mass is 10.1. The first kappa shape index (κ1) is 16.4. The largest absolute Gasteiger partial charge is 0.497 e. The maximum Gasteiger partial charge on any atom is 0.239 e. The molecule has 0 aliphatic rings. The van der Waals surface area contributed by atoms with Crippen LogP contribution in [0.25, 0.3) is 0 Å². The maximum absolute atomic E-state index is 13.9. The van der Waals surface area contributed by atoms with Crippen molar-refractivity contribution in [3.8, 4) is 5.75 Å². The van der Waals surface area contributed by atoms with E-state index in [-0.39, 0.29) is 23.8 Å². The molecule has 4 nitrogen and oxygen atoms in total. The van der Waals surface area contributed by atoms with Gasteiger partial charge in [0, 0.05) is 31.3 Å². The van der Waals surface area contributed by atoms with Gasteiger partial charge in [0.05, 0.1) is 13.2 Å². The third-order valence-corrected chi connectivity index (χ3v) is 3.40. The van der Waals surface area contributed by atoms with Gasteiger partial charge in [0.2, 0.25) is 5.91 Å². The number of rotatable bonds is 6. The summed E-state index contributed by atoms with van der Waals surface area (Å²) in [6, 6.07) is 4.10. The molecule has 2 unspecified atom stereocenters. The normalized spacial score (nSPS) is 13.7. The molecule has 1 N–H and O–H groups in total. The highest BCUT2D eigenvalue weighted by atomic mass is 19.1. The molecule has 0 radical (unpaired) electrons. The summed E-state index contributed by atoms with van der Waals surface area (Å²) in [6.45, 7) is 6.18. The molecule has 0 heterocycles. The standard InChI is InChI=1S/C15H23FN2O2/c1-6-18(4)15(19)11(3)17-10(2)13-8-7-12(20-5)9-14(13)16/h7-11,17H,6H2,1-5H3. The minimum Gasteiger partial charge on any atom is -0.497 e. The topological polar surface area (TPSA) is 41.6 Å². The molecule has 0 aliphatic carbocycles. The second kappa shape index (κ2) is 7.24. The van der Waals surface area contributed by atoms with Crippen molar-refractivity contribution in [1.29, 1.82) is 0 Å². The Hall–Kier alpha value is -1.62. The van der Waals surface area contributed by atoms with Gasteiger partial charge < -0.3 is 9.64 Å². The lowest BCUT2D eigenvalue weighted by Gasteiger charge is -2.24. The van der Waals surface area contributed by atoms with Gasteiger partial charge in [-0.2, -0.15) is 0 Å². The Labute approximate surface area is 119 Å². The fraction of sp³-hybridized carbons (Fsp3) is 0.533. The number of benzene rings is 1. The molecule has 2 atom stereocenters. The highest BCUT2D eigenvalue weighted by Crippen LogP contribution is 2.22. The minimum atomic E-state index is -0.364. The van der Waals surface area contributed by atoms with Gasteiger partial charge in [0.25, 0.3) is 0 Å². The van der Waals surface area contributed by atoms with Crippen LogP contribution < -0.4 is 10.1 Å². The van der Waals surface area contributed by atoms with Gasteiger partial charge in [0.1, 0.15) is 11.6 Å². The number of amides is 1. The van der Waals surface area contributed by atoms with Crippen LogP contribution in [0.4, 0.5) is 4.39 Å². The number of halogens is 1. The molecule has 0 bridgehead atoms. The average Bonchev–Trinajstić information content (AvgIpc) is 2.44. The monoisotopic (exact) mass is 282 g/mol. The van der Waals surface area contributed by atoms with E-state index in [9.17, 15) is 9.18 Å². The van der Waals surface area contributed by atoms with E-state index in [1.54, 1.807) is 31.0 Å². The Morgan fingerprint density at radius 3 is 2.60 bits per heavy atom. The van der Waals surface area contributed by atoms with Crippen molar-refractivity contribution in [3.63, 3.8) is 0 Å². The second-order valence-corrected chi connectivity index (χ2v) is 4.85. The molecule has 0 saturated heterocycles. The van der Waals surface area contributed by atoms with Gasteiger partial charge in [-0.15, -0.1) is 0 Å². The van der Waals surface area contributed by atoms with E-state index in [4.69, 9.17) is 4.74 Å². The summed E-state index contributed by atoms with van der Waals surface area (Å²) in [5, 5.41) is 3.12. The summed E-state index contributed by atoms with van der Waals surface area (Å²) in [7, 11) is 3.25. The van der Waals surface area contributed by atoms with Crippen molar-refractivity contribution in [2.45, 2.75) is 32.9 Å². The number of nitrogens with one attached hydrogen (secondary N) is 1. The van der Waals surface area contributed by atoms with Crippen LogP contribution in [0, 0.1) is 5.82 Å². The third-order valence-electron chi connectivity index (χ3n) is 3.40. The predicted molar refractivity (Wildman–Crippen MR) is 77.3 cm³/mol. The van der Waals surface area contributed by atoms with Crippen LogP contribution in [-0.4, -0.2) is 37.6 Å². The molecule has 0 saturated carbocycles. The lowest BCUT2D eigenvalue weighted by molar-refractivity contribution is -0.131. The maximum atomic E-state index is 13.9. The molecule has 0 spiro atoms. The first-order valence-electron chi connectivity index (χ1n) is 6.75. The van der Waals surface area contributed by atoms with Crippen molar-refractivity contribution in [1.82, 2.24) is 10.2 Å². The van der Waals surface area contributed by atoms with Crippen LogP contribution in [0.5, 0.6) is 5.75 Å². The summed E-state index contributed by atoms with van der Waals surface area (Å²) < 4.78 is 18.9. The van der Waals surface area contributed by atoms with Gasteiger partial charge in [-0.25, -0.2) is 4.39 Å². The Kier molecular flexibility index (Phi) is 5.95. The van der Waals surface area contributed by atoms with Gasteiger partial charge in [0.15, 0.2) is 0 Å². The smallest absolute Gasteiger partial charge is 0.239 e. The van der Waals surface area contributed by atoms with Gasteiger partial charge in [-0.05, 0) is 26.8 Å². The zero-order valence-corrected chi connectivity index (χ0v) is 12.7. The molecule has 0 fully saturated rings. The molecular weight excluding hydrogens is 259 g/mol. The van der Waals surface area contributed by atoms with Crippen molar-refractivity contribution in [3.05, 3.63) is 29.6 Å². The number of likely N-dealkylation sites (N-methyl/N-ethyl adjacent to an activating group) is 1. The Morgan fingerprint density at radius 2 is 2.10 bits per heavy atom. The fourth-order valence-corrected chi connectivity index (χ4v) is 2.01. The molecule has 5 heteroatoms. The molecule has 112 valence electrons. The Balaban J connectivity index is 2.76. The van der Waals surface area contributed by atoms with E-state index in [1.807, 2.05) is 13.8 Å². The van der Waals surface area contributed by atoms with Gasteiger partial charge in [-0.3, -0.25) is 10.1 Å². The van der Waals surface area contributed by atoms with Crippen LogP contribution in [0.2, 0.25) is 0 Å². The molecule has 0 aromatic heterocycles. The highest BCUT2D eigenvalue weighted by Gasteiger charge is 2.20. The van der Waals surface area contributed by atoms with E-state index >= 15 is 0 Å². The molecule has 0 aliphatic heterocycles. The van der Waals surface area contributed by atoms with E-state index in [2.05, 4.69) is 5.32 Å². The highest BCUT2D eigenvalue weighted by molar-refractivity contribution is 5.81. The molecule has 1 rings (SSSR count). The summed E-state index contributed by atoms with van der Waals surface area (Å²) in [5.41, 5.74) is 0.518. The van der Waals surface area contributed by atoms with Crippen LogP contribution in [0.3, 0.4) is 0 Å². The number of nitrogens with zero attached hydrogens (tertiary/aromatic N) is 1. The van der Waals surface area contributed by atoms with Gasteiger partial charge >= 0.3 is 0 Å². The van der Waals surface area contributed by atoms with Gasteiger partial charge in [-0.1, -0.05) is 6.07 Å². The lowest BCUT2D eigenvalue weighted by Crippen LogP contribution is -2.44. The fourth-order valence-electron chi connectivity index (χ4n) is 2.01. The van der Waals surface area contributed by atoms with Crippen LogP contribution in [-0.2, 0) is 4.79 Å². The van der Waals surface area contributed by atoms with Crippen LogP contribution in [0.15, 0.2) is 18.2 Å². The summed E-state index contributed by atoms with van der Waals surface area (Å²) >= 11 is 0. The number of carbonyl (C=O) groups excluding carboxylic acids is 1. The number of hydrogen-bond donors (Lipinski definition) is 1. The van der Waals surface area contributed by atoms with Crippen molar-refractivity contribution in [2.75, 3.05) is 20.7 Å². The summed E-state index contributed by atoms with van der Waals surface area (Å²) in [5.74, 6) is 0.134. The average molecular weight is 282 g/mol. The molecule has 1 amide bonds. The van der Waals surface area contributed by atoms with E-state index in [0.717, 1.165) is 0 Å². The molecular formula is C15H23FN2O2. The Morgan fingerprint density at radius 1 is 1.45 bits per heavy atom. The third kappa shape index (κ3) is 3.93. The predicted octanol–water partition coefficient (Wildman–Crippen LogP) is 2.35. The minimum absolute atomic E-state index is 0.00623. The zero-order chi connectivity index (χ0) is 15.3. The number of ether oxygens (including phenoxy) is 1. The number of hydrogen-bond acceptors (Lipinski definition) is 3. The quantitative estimate of drug-likeness (QED) is 0.871. The first-order chi connectivity index (χ1) is 9.40. The molecule has 1 aromatic rings. The van der Waals surface area contributed by atoms with Crippen LogP contribution in [0.1, 0.15) is 32.4 Å². The van der Waals surface area contributed by atoms with E-state index < -0.39 is 0 Å². The SMILES string of the molecule is CCN(C)C(=O)C(C)NC(C)c1ccc(OC)cc1F. The van der Waals surface area contributed by atoms with Crippen molar-refractivity contribution < 1.29 is 13.9 Å². The summed E-state index contributed by atoms with van der Waals surface area (Å²) in [6.07, 6.45) is 0. The first-order valence-corrected chi connectivity index (χ1v) is 6.75. The number of carbonyl (C=O) groups is 1. The summed E-state index contributed by atoms with van der Waals surface area (Å²) in [4.78, 5) is 13.6. The van der Waals surface area contributed by atoms with Crippen molar-refractivity contribution >= 4 is 5.91 Å². The zero-order valence-electron chi connectivity index (χ0n) is 12.7. The second-order valence-electron chi connectivity index (χ2n) is 4.85. The number of methoxy groups -OCH3 is 1. The molecule has 1 aromatic carbocycles. The Bertz CT molecular complexity index is 465. The van der Waals surface area contributed by atoms with E-state index in [0.29, 0.717) is 17.9 Å². The van der Waals surface area contributed by atoms with E-state index in [1.165, 1.54) is 13.2 Å². The van der Waals surface area contributed by atoms with Crippen molar-refractivity contribution in [2.24, 2.45) is 0 Å².